The van der Waals surface area contributed by atoms with Gasteiger partial charge in [-0.05, 0) is 26.0 Å². The Labute approximate surface area is 96.2 Å². The molecular formula is C12H18N2O2. The summed E-state index contributed by atoms with van der Waals surface area (Å²) in [6.07, 6.45) is 6.59. The molecule has 0 radical (unpaired) electrons. The topological polar surface area (TPSA) is 40.6 Å². The van der Waals surface area contributed by atoms with Crippen LogP contribution in [0.3, 0.4) is 0 Å². The highest BCUT2D eigenvalue weighted by atomic mass is 16.2. The molecule has 1 fully saturated rings. The van der Waals surface area contributed by atoms with E-state index in [1.165, 1.54) is 0 Å². The first kappa shape index (κ1) is 12.5. The first-order valence-electron chi connectivity index (χ1n) is 5.52. The summed E-state index contributed by atoms with van der Waals surface area (Å²) >= 11 is 0. The summed E-state index contributed by atoms with van der Waals surface area (Å²) in [7, 11) is 0. The predicted molar refractivity (Wildman–Crippen MR) is 62.8 cm³/mol. The zero-order valence-electron chi connectivity index (χ0n) is 9.85. The van der Waals surface area contributed by atoms with Crippen LogP contribution in [-0.4, -0.2) is 47.8 Å². The Hall–Kier alpha value is -1.58. The lowest BCUT2D eigenvalue weighted by Gasteiger charge is -2.33. The van der Waals surface area contributed by atoms with E-state index in [9.17, 15) is 9.59 Å². The van der Waals surface area contributed by atoms with Gasteiger partial charge in [0, 0.05) is 26.2 Å². The third-order valence-corrected chi connectivity index (χ3v) is 2.52. The number of carbonyl (C=O) groups is 2. The van der Waals surface area contributed by atoms with Crippen LogP contribution in [0.4, 0.5) is 0 Å². The zero-order chi connectivity index (χ0) is 12.0. The van der Waals surface area contributed by atoms with E-state index in [1.54, 1.807) is 34.1 Å². The van der Waals surface area contributed by atoms with E-state index in [0.717, 1.165) is 0 Å². The van der Waals surface area contributed by atoms with Crippen molar-refractivity contribution in [3.05, 3.63) is 24.3 Å². The number of piperazine rings is 1. The fraction of sp³-hybridized carbons (Fsp3) is 0.500. The fourth-order valence-electron chi connectivity index (χ4n) is 1.64. The first-order valence-corrected chi connectivity index (χ1v) is 5.52. The van der Waals surface area contributed by atoms with E-state index in [0.29, 0.717) is 26.2 Å². The molecule has 4 nitrogen and oxygen atoms in total. The van der Waals surface area contributed by atoms with Gasteiger partial charge in [0.2, 0.25) is 11.8 Å². The normalized spacial score (nSPS) is 17.4. The molecule has 0 spiro atoms. The molecule has 1 rings (SSSR count). The van der Waals surface area contributed by atoms with Crippen molar-refractivity contribution in [3.8, 4) is 0 Å². The SMILES string of the molecule is CC=CC(=O)N1CCN(C(=O)C=CC)CC1. The molecule has 1 saturated heterocycles. The average Bonchev–Trinajstić information content (AvgIpc) is 2.30. The lowest BCUT2D eigenvalue weighted by Crippen LogP contribution is -2.49. The second kappa shape index (κ2) is 6.10. The molecule has 2 amide bonds. The molecule has 1 aliphatic heterocycles. The monoisotopic (exact) mass is 222 g/mol. The van der Waals surface area contributed by atoms with Crippen LogP contribution in [0.2, 0.25) is 0 Å². The smallest absolute Gasteiger partial charge is 0.246 e. The Morgan fingerprint density at radius 1 is 0.812 bits per heavy atom. The van der Waals surface area contributed by atoms with Crippen LogP contribution in [0.5, 0.6) is 0 Å². The number of nitrogens with zero attached hydrogens (tertiary/aromatic N) is 2. The maximum Gasteiger partial charge on any atom is 0.246 e. The van der Waals surface area contributed by atoms with Crippen molar-refractivity contribution in [2.45, 2.75) is 13.8 Å². The van der Waals surface area contributed by atoms with E-state index in [2.05, 4.69) is 0 Å². The van der Waals surface area contributed by atoms with Gasteiger partial charge in [-0.1, -0.05) is 12.2 Å². The van der Waals surface area contributed by atoms with Gasteiger partial charge >= 0.3 is 0 Å². The Morgan fingerprint density at radius 3 is 1.38 bits per heavy atom. The molecule has 0 N–H and O–H groups in total. The van der Waals surface area contributed by atoms with Gasteiger partial charge in [0.05, 0.1) is 0 Å². The van der Waals surface area contributed by atoms with Gasteiger partial charge in [0.1, 0.15) is 0 Å². The van der Waals surface area contributed by atoms with Crippen LogP contribution in [0.15, 0.2) is 24.3 Å². The highest BCUT2D eigenvalue weighted by Crippen LogP contribution is 2.03. The maximum absolute atomic E-state index is 11.5. The summed E-state index contributed by atoms with van der Waals surface area (Å²) in [6.45, 7) is 6.12. The summed E-state index contributed by atoms with van der Waals surface area (Å²) in [5.74, 6) is 0.0567. The largest absolute Gasteiger partial charge is 0.336 e. The first-order chi connectivity index (χ1) is 7.69. The molecule has 1 aliphatic rings. The van der Waals surface area contributed by atoms with E-state index >= 15 is 0 Å². The minimum atomic E-state index is 0.0284. The summed E-state index contributed by atoms with van der Waals surface area (Å²) < 4.78 is 0. The molecule has 0 aliphatic carbocycles. The van der Waals surface area contributed by atoms with Gasteiger partial charge in [-0.25, -0.2) is 0 Å². The summed E-state index contributed by atoms with van der Waals surface area (Å²) in [5, 5.41) is 0. The van der Waals surface area contributed by atoms with Crippen LogP contribution in [0, 0.1) is 0 Å². The minimum absolute atomic E-state index is 0.0284. The predicted octanol–water partition coefficient (Wildman–Crippen LogP) is 0.809. The van der Waals surface area contributed by atoms with Crippen molar-refractivity contribution in [3.63, 3.8) is 0 Å². The summed E-state index contributed by atoms with van der Waals surface area (Å²) in [6, 6.07) is 0. The molecule has 0 unspecified atom stereocenters. The van der Waals surface area contributed by atoms with Crippen LogP contribution in [0.1, 0.15) is 13.8 Å². The second-order valence-electron chi connectivity index (χ2n) is 3.65. The van der Waals surface area contributed by atoms with Gasteiger partial charge in [-0.15, -0.1) is 0 Å². The van der Waals surface area contributed by atoms with E-state index in [4.69, 9.17) is 0 Å². The maximum atomic E-state index is 11.5. The van der Waals surface area contributed by atoms with Crippen molar-refractivity contribution in [1.82, 2.24) is 9.80 Å². The van der Waals surface area contributed by atoms with Crippen molar-refractivity contribution in [1.29, 1.82) is 0 Å². The lowest BCUT2D eigenvalue weighted by molar-refractivity contribution is -0.134. The van der Waals surface area contributed by atoms with Crippen LogP contribution >= 0.6 is 0 Å². The Morgan fingerprint density at radius 2 is 1.12 bits per heavy atom. The standard InChI is InChI=1S/C12H18N2O2/c1-3-5-11(15)13-7-9-14(10-8-13)12(16)6-4-2/h3-6H,7-10H2,1-2H3. The van der Waals surface area contributed by atoms with E-state index < -0.39 is 0 Å². The van der Waals surface area contributed by atoms with Gasteiger partial charge in [-0.3, -0.25) is 9.59 Å². The number of hydrogen-bond acceptors (Lipinski definition) is 2. The van der Waals surface area contributed by atoms with E-state index in [1.807, 2.05) is 13.8 Å². The number of rotatable bonds is 2. The van der Waals surface area contributed by atoms with Crippen LogP contribution < -0.4 is 0 Å². The molecule has 0 aromatic heterocycles. The lowest BCUT2D eigenvalue weighted by atomic mass is 10.3. The van der Waals surface area contributed by atoms with E-state index in [-0.39, 0.29) is 11.8 Å². The number of carbonyl (C=O) groups excluding carboxylic acids is 2. The van der Waals surface area contributed by atoms with Crippen LogP contribution in [0.25, 0.3) is 0 Å². The minimum Gasteiger partial charge on any atom is -0.336 e. The molecule has 0 aromatic rings. The number of amides is 2. The molecule has 4 heteroatoms. The number of allylic oxidation sites excluding steroid dienone is 2. The molecule has 88 valence electrons. The van der Waals surface area contributed by atoms with Crippen LogP contribution in [-0.2, 0) is 9.59 Å². The van der Waals surface area contributed by atoms with Crippen molar-refractivity contribution in [2.75, 3.05) is 26.2 Å². The summed E-state index contributed by atoms with van der Waals surface area (Å²) in [4.78, 5) is 26.6. The third kappa shape index (κ3) is 3.22. The van der Waals surface area contributed by atoms with Crippen molar-refractivity contribution in [2.24, 2.45) is 0 Å². The Balaban J connectivity index is 2.45. The zero-order valence-corrected chi connectivity index (χ0v) is 9.85. The molecule has 0 bridgehead atoms. The highest BCUT2D eigenvalue weighted by molar-refractivity contribution is 5.89. The van der Waals surface area contributed by atoms with Gasteiger partial charge in [-0.2, -0.15) is 0 Å². The van der Waals surface area contributed by atoms with Crippen molar-refractivity contribution >= 4 is 11.8 Å². The van der Waals surface area contributed by atoms with Gasteiger partial charge < -0.3 is 9.80 Å². The third-order valence-electron chi connectivity index (χ3n) is 2.52. The number of hydrogen-bond donors (Lipinski definition) is 0. The van der Waals surface area contributed by atoms with Gasteiger partial charge in [0.15, 0.2) is 0 Å². The molecule has 16 heavy (non-hydrogen) atoms. The quantitative estimate of drug-likeness (QED) is 0.649. The summed E-state index contributed by atoms with van der Waals surface area (Å²) in [5.41, 5.74) is 0. The molecule has 0 atom stereocenters. The van der Waals surface area contributed by atoms with Gasteiger partial charge in [0.25, 0.3) is 0 Å². The fourth-order valence-corrected chi connectivity index (χ4v) is 1.64. The molecule has 0 saturated carbocycles. The van der Waals surface area contributed by atoms with Crippen molar-refractivity contribution < 1.29 is 9.59 Å². The Bertz CT molecular complexity index is 281. The molecule has 0 aromatic carbocycles. The Kier molecular flexibility index (Phi) is 4.76. The molecular weight excluding hydrogens is 204 g/mol. The second-order valence-corrected chi connectivity index (χ2v) is 3.65. The highest BCUT2D eigenvalue weighted by Gasteiger charge is 2.21. The average molecular weight is 222 g/mol. The molecule has 1 heterocycles.